The lowest BCUT2D eigenvalue weighted by atomic mass is 10.1. The van der Waals surface area contributed by atoms with Crippen LogP contribution in [0.25, 0.3) is 0 Å². The molecule has 2 aromatic heterocycles. The zero-order valence-electron chi connectivity index (χ0n) is 10.0. The number of halogens is 1. The SMILES string of the molecule is Cc1ccnc(Sc2ncccc2Cl)c1/C(N)=N/O. The Balaban J connectivity index is 2.47. The molecule has 0 aliphatic rings. The Labute approximate surface area is 119 Å². The summed E-state index contributed by atoms with van der Waals surface area (Å²) in [6, 6.07) is 5.29. The fraction of sp³-hybridized carbons (Fsp3) is 0.0833. The van der Waals surface area contributed by atoms with Crippen LogP contribution >= 0.6 is 23.4 Å². The number of hydrogen-bond acceptors (Lipinski definition) is 5. The van der Waals surface area contributed by atoms with E-state index in [1.165, 1.54) is 11.8 Å². The summed E-state index contributed by atoms with van der Waals surface area (Å²) >= 11 is 7.33. The first-order chi connectivity index (χ1) is 9.13. The molecule has 2 heterocycles. The van der Waals surface area contributed by atoms with Gasteiger partial charge in [-0.15, -0.1) is 0 Å². The van der Waals surface area contributed by atoms with Crippen molar-refractivity contribution < 1.29 is 5.21 Å². The Morgan fingerprint density at radius 3 is 2.74 bits per heavy atom. The molecule has 0 unspecified atom stereocenters. The molecule has 3 N–H and O–H groups in total. The molecule has 2 aromatic rings. The number of oxime groups is 1. The van der Waals surface area contributed by atoms with Gasteiger partial charge in [-0.1, -0.05) is 16.8 Å². The van der Waals surface area contributed by atoms with E-state index in [1.54, 1.807) is 30.6 Å². The summed E-state index contributed by atoms with van der Waals surface area (Å²) in [6.45, 7) is 1.86. The number of aromatic nitrogens is 2. The van der Waals surface area contributed by atoms with Crippen LogP contribution in [0.4, 0.5) is 0 Å². The van der Waals surface area contributed by atoms with Gasteiger partial charge in [0, 0.05) is 12.4 Å². The lowest BCUT2D eigenvalue weighted by Crippen LogP contribution is -2.16. The molecular weight excluding hydrogens is 284 g/mol. The second kappa shape index (κ2) is 5.90. The smallest absolute Gasteiger partial charge is 0.173 e. The van der Waals surface area contributed by atoms with Crippen molar-refractivity contribution in [1.82, 2.24) is 9.97 Å². The maximum absolute atomic E-state index is 8.84. The molecule has 0 aliphatic carbocycles. The van der Waals surface area contributed by atoms with Crippen molar-refractivity contribution in [2.75, 3.05) is 0 Å². The summed E-state index contributed by atoms with van der Waals surface area (Å²) in [7, 11) is 0. The van der Waals surface area contributed by atoms with E-state index in [1.807, 2.05) is 6.92 Å². The molecule has 19 heavy (non-hydrogen) atoms. The molecule has 0 fully saturated rings. The minimum atomic E-state index is 0.0140. The molecule has 0 aliphatic heterocycles. The van der Waals surface area contributed by atoms with Crippen LogP contribution in [0.1, 0.15) is 11.1 Å². The second-order valence-electron chi connectivity index (χ2n) is 3.69. The maximum atomic E-state index is 8.84. The third-order valence-corrected chi connectivity index (χ3v) is 3.85. The predicted octanol–water partition coefficient (Wildman–Crippen LogP) is 2.68. The first kappa shape index (κ1) is 13.6. The standard InChI is InChI=1S/C12H11ClN4OS/c1-7-4-6-16-12(9(7)10(14)17-18)19-11-8(13)3-2-5-15-11/h2-6,18H,1H3,(H2,14,17). The van der Waals surface area contributed by atoms with Crippen LogP contribution in [-0.2, 0) is 0 Å². The van der Waals surface area contributed by atoms with Gasteiger partial charge >= 0.3 is 0 Å². The lowest BCUT2D eigenvalue weighted by molar-refractivity contribution is 0.318. The summed E-state index contributed by atoms with van der Waals surface area (Å²) in [4.78, 5) is 8.41. The molecular formula is C12H11ClN4OS. The van der Waals surface area contributed by atoms with Crippen LogP contribution in [0.15, 0.2) is 45.8 Å². The monoisotopic (exact) mass is 294 g/mol. The zero-order chi connectivity index (χ0) is 13.8. The van der Waals surface area contributed by atoms with Crippen LogP contribution in [0.5, 0.6) is 0 Å². The van der Waals surface area contributed by atoms with Crippen LogP contribution < -0.4 is 5.73 Å². The Hall–Kier alpha value is -1.79. The number of nitrogens with zero attached hydrogens (tertiary/aromatic N) is 3. The quantitative estimate of drug-likeness (QED) is 0.393. The molecule has 0 radical (unpaired) electrons. The molecule has 0 amide bonds. The van der Waals surface area contributed by atoms with E-state index in [9.17, 15) is 0 Å². The van der Waals surface area contributed by atoms with Gasteiger partial charge in [-0.2, -0.15) is 0 Å². The molecule has 0 spiro atoms. The van der Waals surface area contributed by atoms with Gasteiger partial charge in [-0.05, 0) is 42.4 Å². The summed E-state index contributed by atoms with van der Waals surface area (Å²) in [5, 5.41) is 13.6. The average Bonchev–Trinajstić information content (AvgIpc) is 2.41. The topological polar surface area (TPSA) is 84.4 Å². The van der Waals surface area contributed by atoms with E-state index in [0.29, 0.717) is 20.6 Å². The number of aryl methyl sites for hydroxylation is 1. The number of rotatable bonds is 3. The first-order valence-corrected chi connectivity index (χ1v) is 6.54. The second-order valence-corrected chi connectivity index (χ2v) is 5.07. The fourth-order valence-corrected chi connectivity index (χ4v) is 2.69. The maximum Gasteiger partial charge on any atom is 0.173 e. The molecule has 5 nitrogen and oxygen atoms in total. The summed E-state index contributed by atoms with van der Waals surface area (Å²) < 4.78 is 0. The van der Waals surface area contributed by atoms with Crippen molar-refractivity contribution in [3.05, 3.63) is 46.7 Å². The van der Waals surface area contributed by atoms with E-state index >= 15 is 0 Å². The third kappa shape index (κ3) is 2.97. The Kier molecular flexibility index (Phi) is 4.24. The molecule has 0 aromatic carbocycles. The average molecular weight is 295 g/mol. The van der Waals surface area contributed by atoms with Gasteiger partial charge in [0.1, 0.15) is 10.1 Å². The van der Waals surface area contributed by atoms with Crippen molar-refractivity contribution >= 4 is 29.2 Å². The van der Waals surface area contributed by atoms with Crippen molar-refractivity contribution in [2.24, 2.45) is 10.9 Å². The molecule has 98 valence electrons. The third-order valence-electron chi connectivity index (χ3n) is 2.41. The highest BCUT2D eigenvalue weighted by Crippen LogP contribution is 2.32. The summed E-state index contributed by atoms with van der Waals surface area (Å²) in [5.41, 5.74) is 7.12. The summed E-state index contributed by atoms with van der Waals surface area (Å²) in [5.74, 6) is 0.0140. The number of hydrogen-bond donors (Lipinski definition) is 2. The van der Waals surface area contributed by atoms with Gasteiger partial charge in [0.15, 0.2) is 5.84 Å². The Morgan fingerprint density at radius 1 is 1.32 bits per heavy atom. The molecule has 0 bridgehead atoms. The normalized spacial score (nSPS) is 11.6. The number of nitrogens with two attached hydrogens (primary N) is 1. The van der Waals surface area contributed by atoms with Crippen molar-refractivity contribution in [3.8, 4) is 0 Å². The fourth-order valence-electron chi connectivity index (χ4n) is 1.51. The van der Waals surface area contributed by atoms with Crippen molar-refractivity contribution in [1.29, 1.82) is 0 Å². The predicted molar refractivity (Wildman–Crippen MR) is 74.9 cm³/mol. The van der Waals surface area contributed by atoms with Crippen molar-refractivity contribution in [3.63, 3.8) is 0 Å². The van der Waals surface area contributed by atoms with Crippen LogP contribution in [0.2, 0.25) is 5.02 Å². The minimum absolute atomic E-state index is 0.0140. The van der Waals surface area contributed by atoms with Crippen LogP contribution in [-0.4, -0.2) is 21.0 Å². The van der Waals surface area contributed by atoms with Crippen LogP contribution in [0.3, 0.4) is 0 Å². The molecule has 0 atom stereocenters. The van der Waals surface area contributed by atoms with Crippen molar-refractivity contribution in [2.45, 2.75) is 17.0 Å². The molecule has 0 saturated carbocycles. The van der Waals surface area contributed by atoms with Gasteiger partial charge in [-0.25, -0.2) is 9.97 Å². The van der Waals surface area contributed by atoms with E-state index in [0.717, 1.165) is 5.56 Å². The van der Waals surface area contributed by atoms with E-state index in [2.05, 4.69) is 15.1 Å². The van der Waals surface area contributed by atoms with Gasteiger partial charge in [-0.3, -0.25) is 0 Å². The minimum Gasteiger partial charge on any atom is -0.409 e. The molecule has 0 saturated heterocycles. The van der Waals surface area contributed by atoms with Crippen LogP contribution in [0, 0.1) is 6.92 Å². The number of pyridine rings is 2. The van der Waals surface area contributed by atoms with Gasteiger partial charge < -0.3 is 10.9 Å². The van der Waals surface area contributed by atoms with E-state index in [4.69, 9.17) is 22.5 Å². The van der Waals surface area contributed by atoms with E-state index in [-0.39, 0.29) is 5.84 Å². The molecule has 7 heteroatoms. The zero-order valence-corrected chi connectivity index (χ0v) is 11.6. The molecule has 2 rings (SSSR count). The highest BCUT2D eigenvalue weighted by molar-refractivity contribution is 7.99. The van der Waals surface area contributed by atoms with E-state index < -0.39 is 0 Å². The summed E-state index contributed by atoms with van der Waals surface area (Å²) in [6.07, 6.45) is 3.30. The van der Waals surface area contributed by atoms with Gasteiger partial charge in [0.2, 0.25) is 0 Å². The number of amidine groups is 1. The first-order valence-electron chi connectivity index (χ1n) is 5.35. The Morgan fingerprint density at radius 2 is 2.05 bits per heavy atom. The largest absolute Gasteiger partial charge is 0.409 e. The highest BCUT2D eigenvalue weighted by Gasteiger charge is 2.14. The van der Waals surface area contributed by atoms with Gasteiger partial charge in [0.25, 0.3) is 0 Å². The highest BCUT2D eigenvalue weighted by atomic mass is 35.5. The van der Waals surface area contributed by atoms with Gasteiger partial charge in [0.05, 0.1) is 10.6 Å². The Bertz CT molecular complexity index is 633. The lowest BCUT2D eigenvalue weighted by Gasteiger charge is -2.09.